The fourth-order valence-electron chi connectivity index (χ4n) is 1.53. The Morgan fingerprint density at radius 1 is 1.13 bits per heavy atom. The summed E-state index contributed by atoms with van der Waals surface area (Å²) in [4.78, 5) is 7.55. The fourth-order valence-corrected chi connectivity index (χ4v) is 1.83. The predicted molar refractivity (Wildman–Crippen MR) is 63.5 cm³/mol. The summed E-state index contributed by atoms with van der Waals surface area (Å²) in [7, 11) is 0. The van der Waals surface area contributed by atoms with Crippen molar-refractivity contribution in [1.29, 1.82) is 0 Å². The molecule has 0 amide bonds. The molecular weight excluding hydrogens is 231 g/mol. The number of nitrogens with zero attached hydrogens (tertiary/aromatic N) is 1. The van der Waals surface area contributed by atoms with Crippen molar-refractivity contribution >= 4 is 23.2 Å². The first-order valence-electron chi connectivity index (χ1n) is 4.56. The Balaban J connectivity index is 2.54. The van der Waals surface area contributed by atoms with Crippen LogP contribution in [0.15, 0.2) is 18.2 Å². The molecule has 1 aromatic heterocycles. The van der Waals surface area contributed by atoms with Crippen LogP contribution < -0.4 is 0 Å². The van der Waals surface area contributed by atoms with Crippen LogP contribution in [0.4, 0.5) is 0 Å². The maximum absolute atomic E-state index is 5.95. The van der Waals surface area contributed by atoms with E-state index in [9.17, 15) is 0 Å². The Kier molecular flexibility index (Phi) is 2.72. The van der Waals surface area contributed by atoms with E-state index in [0.29, 0.717) is 10.0 Å². The number of halogens is 2. The summed E-state index contributed by atoms with van der Waals surface area (Å²) in [5.41, 5.74) is 2.93. The van der Waals surface area contributed by atoms with Crippen LogP contribution in [0.25, 0.3) is 11.3 Å². The average molecular weight is 241 g/mol. The van der Waals surface area contributed by atoms with Crippen LogP contribution in [0.1, 0.15) is 11.5 Å². The molecule has 2 aromatic rings. The van der Waals surface area contributed by atoms with Crippen molar-refractivity contribution in [3.63, 3.8) is 0 Å². The van der Waals surface area contributed by atoms with Crippen molar-refractivity contribution in [2.75, 3.05) is 0 Å². The van der Waals surface area contributed by atoms with Gasteiger partial charge >= 0.3 is 0 Å². The van der Waals surface area contributed by atoms with E-state index >= 15 is 0 Å². The normalized spacial score (nSPS) is 10.7. The Morgan fingerprint density at radius 3 is 2.40 bits per heavy atom. The molecule has 1 aromatic carbocycles. The van der Waals surface area contributed by atoms with Gasteiger partial charge in [-0.2, -0.15) is 0 Å². The minimum Gasteiger partial charge on any atom is -0.346 e. The summed E-state index contributed by atoms with van der Waals surface area (Å²) in [5.74, 6) is 0.897. The Morgan fingerprint density at radius 2 is 1.87 bits per heavy atom. The topological polar surface area (TPSA) is 28.7 Å². The fraction of sp³-hybridized carbons (Fsp3) is 0.182. The molecule has 0 atom stereocenters. The number of H-pyrrole nitrogens is 1. The molecule has 78 valence electrons. The van der Waals surface area contributed by atoms with E-state index in [0.717, 1.165) is 22.8 Å². The van der Waals surface area contributed by atoms with Gasteiger partial charge in [0.05, 0.1) is 15.7 Å². The summed E-state index contributed by atoms with van der Waals surface area (Å²) in [6.45, 7) is 3.91. The van der Waals surface area contributed by atoms with Gasteiger partial charge in [0.1, 0.15) is 5.82 Å². The van der Waals surface area contributed by atoms with Crippen molar-refractivity contribution in [1.82, 2.24) is 9.97 Å². The summed E-state index contributed by atoms with van der Waals surface area (Å²) in [6, 6.07) is 5.52. The number of benzene rings is 1. The lowest BCUT2D eigenvalue weighted by Crippen LogP contribution is -1.81. The molecule has 2 rings (SSSR count). The van der Waals surface area contributed by atoms with E-state index < -0.39 is 0 Å². The van der Waals surface area contributed by atoms with Gasteiger partial charge in [-0.25, -0.2) is 4.98 Å². The van der Waals surface area contributed by atoms with Gasteiger partial charge in [0, 0.05) is 11.3 Å². The van der Waals surface area contributed by atoms with Crippen LogP contribution in [0.5, 0.6) is 0 Å². The molecule has 4 heteroatoms. The first-order chi connectivity index (χ1) is 7.08. The second kappa shape index (κ2) is 3.87. The van der Waals surface area contributed by atoms with Crippen molar-refractivity contribution in [3.05, 3.63) is 39.8 Å². The third kappa shape index (κ3) is 2.01. The Hall–Kier alpha value is -0.990. The van der Waals surface area contributed by atoms with E-state index in [1.165, 1.54) is 0 Å². The molecule has 1 heterocycles. The van der Waals surface area contributed by atoms with E-state index in [4.69, 9.17) is 23.2 Å². The van der Waals surface area contributed by atoms with E-state index in [-0.39, 0.29) is 0 Å². The second-order valence-corrected chi connectivity index (χ2v) is 4.24. The summed E-state index contributed by atoms with van der Waals surface area (Å²) in [5, 5.41) is 1.11. The van der Waals surface area contributed by atoms with Gasteiger partial charge in [0.25, 0.3) is 0 Å². The molecular formula is C11H10Cl2N2. The van der Waals surface area contributed by atoms with Crippen LogP contribution in [0.2, 0.25) is 10.0 Å². The number of imidazole rings is 1. The number of aryl methyl sites for hydroxylation is 2. The number of aromatic nitrogens is 2. The summed E-state index contributed by atoms with van der Waals surface area (Å²) in [6.07, 6.45) is 0. The highest BCUT2D eigenvalue weighted by Crippen LogP contribution is 2.28. The number of nitrogens with one attached hydrogen (secondary N) is 1. The third-order valence-corrected chi connectivity index (χ3v) is 2.94. The molecule has 0 aliphatic carbocycles. The van der Waals surface area contributed by atoms with E-state index in [2.05, 4.69) is 9.97 Å². The molecule has 2 nitrogen and oxygen atoms in total. The van der Waals surface area contributed by atoms with Crippen LogP contribution in [-0.2, 0) is 0 Å². The standard InChI is InChI=1S/C11H10Cl2N2/c1-6-11(15-7(2)14-6)8-3-4-9(12)10(13)5-8/h3-5H,1-2H3,(H,14,15). The monoisotopic (exact) mass is 240 g/mol. The summed E-state index contributed by atoms with van der Waals surface area (Å²) < 4.78 is 0. The minimum atomic E-state index is 0.550. The highest BCUT2D eigenvalue weighted by atomic mass is 35.5. The number of hydrogen-bond acceptors (Lipinski definition) is 1. The molecule has 1 N–H and O–H groups in total. The minimum absolute atomic E-state index is 0.550. The average Bonchev–Trinajstić information content (AvgIpc) is 2.50. The lowest BCUT2D eigenvalue weighted by molar-refractivity contribution is 1.13. The van der Waals surface area contributed by atoms with Crippen LogP contribution >= 0.6 is 23.2 Å². The molecule has 0 aliphatic rings. The molecule has 0 unspecified atom stereocenters. The number of rotatable bonds is 1. The lowest BCUT2D eigenvalue weighted by Gasteiger charge is -2.00. The third-order valence-electron chi connectivity index (χ3n) is 2.20. The van der Waals surface area contributed by atoms with Crippen LogP contribution in [0.3, 0.4) is 0 Å². The molecule has 0 bridgehead atoms. The molecule has 0 spiro atoms. The van der Waals surface area contributed by atoms with Gasteiger partial charge in [0.2, 0.25) is 0 Å². The number of hydrogen-bond donors (Lipinski definition) is 1. The van der Waals surface area contributed by atoms with Gasteiger partial charge in [-0.1, -0.05) is 29.3 Å². The molecule has 0 saturated heterocycles. The quantitative estimate of drug-likeness (QED) is 0.803. The highest BCUT2D eigenvalue weighted by Gasteiger charge is 2.08. The van der Waals surface area contributed by atoms with Crippen LogP contribution in [0, 0.1) is 13.8 Å². The zero-order valence-corrected chi connectivity index (χ0v) is 9.95. The van der Waals surface area contributed by atoms with E-state index in [1.807, 2.05) is 26.0 Å². The lowest BCUT2D eigenvalue weighted by atomic mass is 10.1. The highest BCUT2D eigenvalue weighted by molar-refractivity contribution is 6.42. The van der Waals surface area contributed by atoms with Gasteiger partial charge in [-0.05, 0) is 26.0 Å². The zero-order chi connectivity index (χ0) is 11.0. The van der Waals surface area contributed by atoms with Gasteiger partial charge in [-0.15, -0.1) is 0 Å². The zero-order valence-electron chi connectivity index (χ0n) is 8.44. The van der Waals surface area contributed by atoms with Crippen molar-refractivity contribution in [2.24, 2.45) is 0 Å². The smallest absolute Gasteiger partial charge is 0.103 e. The van der Waals surface area contributed by atoms with Crippen molar-refractivity contribution in [2.45, 2.75) is 13.8 Å². The van der Waals surface area contributed by atoms with Gasteiger partial charge in [-0.3, -0.25) is 0 Å². The molecule has 0 aliphatic heterocycles. The molecule has 15 heavy (non-hydrogen) atoms. The Bertz CT molecular complexity index is 503. The van der Waals surface area contributed by atoms with Gasteiger partial charge < -0.3 is 4.98 Å². The second-order valence-electron chi connectivity index (χ2n) is 3.42. The first-order valence-corrected chi connectivity index (χ1v) is 5.32. The first kappa shape index (κ1) is 10.5. The van der Waals surface area contributed by atoms with Crippen LogP contribution in [-0.4, -0.2) is 9.97 Å². The van der Waals surface area contributed by atoms with E-state index in [1.54, 1.807) is 6.07 Å². The van der Waals surface area contributed by atoms with Crippen molar-refractivity contribution in [3.8, 4) is 11.3 Å². The largest absolute Gasteiger partial charge is 0.346 e. The van der Waals surface area contributed by atoms with Crippen molar-refractivity contribution < 1.29 is 0 Å². The number of aromatic amines is 1. The molecule has 0 radical (unpaired) electrons. The predicted octanol–water partition coefficient (Wildman–Crippen LogP) is 4.00. The maximum atomic E-state index is 5.95. The SMILES string of the molecule is Cc1nc(-c2ccc(Cl)c(Cl)c2)c(C)[nH]1. The summed E-state index contributed by atoms with van der Waals surface area (Å²) >= 11 is 11.8. The van der Waals surface area contributed by atoms with Gasteiger partial charge in [0.15, 0.2) is 0 Å². The maximum Gasteiger partial charge on any atom is 0.103 e. The Labute approximate surface area is 98.3 Å². The molecule has 0 fully saturated rings. The molecule has 0 saturated carbocycles.